The van der Waals surface area contributed by atoms with Crippen LogP contribution in [-0.4, -0.2) is 65.8 Å². The fourth-order valence-corrected chi connectivity index (χ4v) is 4.12. The van der Waals surface area contributed by atoms with Gasteiger partial charge in [0.2, 0.25) is 17.7 Å². The van der Waals surface area contributed by atoms with Crippen LogP contribution in [0.3, 0.4) is 0 Å². The molecule has 0 aliphatic rings. The third-order valence-electron chi connectivity index (χ3n) is 6.64. The largest absolute Gasteiger partial charge is 0.460 e. The number of aldehydes is 1. The maximum absolute atomic E-state index is 13.5. The zero-order chi connectivity index (χ0) is 33.4. The van der Waals surface area contributed by atoms with Crippen molar-refractivity contribution < 1.29 is 38.2 Å². The summed E-state index contributed by atoms with van der Waals surface area (Å²) in [5.74, 6) is -2.70. The van der Waals surface area contributed by atoms with Gasteiger partial charge in [0.05, 0.1) is 6.04 Å². The Morgan fingerprint density at radius 1 is 0.864 bits per heavy atom. The van der Waals surface area contributed by atoms with Crippen LogP contribution in [0, 0.1) is 11.8 Å². The van der Waals surface area contributed by atoms with E-state index >= 15 is 0 Å². The Balaban J connectivity index is 3.04. The number of carbonyl (C=O) groups excluding carboxylic acids is 6. The van der Waals surface area contributed by atoms with E-state index in [2.05, 4.69) is 21.3 Å². The fourth-order valence-electron chi connectivity index (χ4n) is 4.12. The standard InChI is InChI=1S/C32H50N4O8/c1-9-21(4)27(36-31(42)43-19-23-13-11-10-12-14-23)30(41)35-25(15-16-26(38)44-32(6,7)8)29(40)33-22(5)28(39)34-24(18-37)17-20(2)3/h10-14,18,20-22,24-25,27H,9,15-17,19H2,1-8H3,(H,33,40)(H,34,39)(H,35,41)(H,36,42)/t21-,22?,24?,25?,27-/m0/s1. The Labute approximate surface area is 260 Å². The SMILES string of the molecule is CC[C@H](C)[C@H](NC(=O)OCc1ccccc1)C(=O)NC(CCC(=O)OC(C)(C)C)C(=O)NC(C)C(=O)NC(C=O)CC(C)C. The third-order valence-corrected chi connectivity index (χ3v) is 6.64. The summed E-state index contributed by atoms with van der Waals surface area (Å²) in [6.07, 6.45) is 0.471. The van der Waals surface area contributed by atoms with Crippen LogP contribution in [0.25, 0.3) is 0 Å². The van der Waals surface area contributed by atoms with Gasteiger partial charge in [-0.15, -0.1) is 0 Å². The van der Waals surface area contributed by atoms with Crippen LogP contribution in [0.4, 0.5) is 4.79 Å². The summed E-state index contributed by atoms with van der Waals surface area (Å²) >= 11 is 0. The average molecular weight is 619 g/mol. The summed E-state index contributed by atoms with van der Waals surface area (Å²) in [4.78, 5) is 75.9. The molecule has 4 N–H and O–H groups in total. The van der Waals surface area contributed by atoms with Crippen molar-refractivity contribution in [1.29, 1.82) is 0 Å². The molecule has 3 unspecified atom stereocenters. The molecule has 0 aromatic heterocycles. The smallest absolute Gasteiger partial charge is 0.408 e. The van der Waals surface area contributed by atoms with Crippen molar-refractivity contribution in [2.75, 3.05) is 0 Å². The number of alkyl carbamates (subject to hydrolysis) is 1. The van der Waals surface area contributed by atoms with Crippen molar-refractivity contribution in [3.8, 4) is 0 Å². The van der Waals surface area contributed by atoms with Gasteiger partial charge in [0.15, 0.2) is 0 Å². The molecule has 0 fully saturated rings. The number of ether oxygens (including phenoxy) is 2. The highest BCUT2D eigenvalue weighted by molar-refractivity contribution is 5.94. The Hall–Kier alpha value is -3.96. The first-order chi connectivity index (χ1) is 20.6. The summed E-state index contributed by atoms with van der Waals surface area (Å²) in [6.45, 7) is 14.0. The van der Waals surface area contributed by atoms with Gasteiger partial charge in [-0.25, -0.2) is 4.79 Å². The monoisotopic (exact) mass is 618 g/mol. The molecule has 0 spiro atoms. The van der Waals surface area contributed by atoms with E-state index in [9.17, 15) is 28.8 Å². The maximum Gasteiger partial charge on any atom is 0.408 e. The van der Waals surface area contributed by atoms with Crippen molar-refractivity contribution in [2.24, 2.45) is 11.8 Å². The highest BCUT2D eigenvalue weighted by Crippen LogP contribution is 2.13. The second-order valence-corrected chi connectivity index (χ2v) is 12.4. The highest BCUT2D eigenvalue weighted by atomic mass is 16.6. The van der Waals surface area contributed by atoms with Crippen molar-refractivity contribution in [1.82, 2.24) is 21.3 Å². The van der Waals surface area contributed by atoms with Crippen molar-refractivity contribution in [2.45, 2.75) is 117 Å². The molecule has 12 heteroatoms. The van der Waals surface area contributed by atoms with Gasteiger partial charge in [-0.05, 0) is 57.9 Å². The average Bonchev–Trinajstić information content (AvgIpc) is 2.95. The predicted octanol–water partition coefficient (Wildman–Crippen LogP) is 3.17. The van der Waals surface area contributed by atoms with E-state index in [1.807, 2.05) is 39.0 Å². The van der Waals surface area contributed by atoms with Gasteiger partial charge in [-0.3, -0.25) is 19.2 Å². The number of amides is 4. The molecular weight excluding hydrogens is 568 g/mol. The Morgan fingerprint density at radius 2 is 1.50 bits per heavy atom. The van der Waals surface area contributed by atoms with Gasteiger partial charge in [0.1, 0.15) is 36.6 Å². The maximum atomic E-state index is 13.5. The number of benzene rings is 1. The normalized spacial score (nSPS) is 14.7. The van der Waals surface area contributed by atoms with Crippen molar-refractivity contribution in [3.63, 3.8) is 0 Å². The first-order valence-corrected chi connectivity index (χ1v) is 15.1. The van der Waals surface area contributed by atoms with Crippen molar-refractivity contribution in [3.05, 3.63) is 35.9 Å². The lowest BCUT2D eigenvalue weighted by atomic mass is 9.97. The number of carbonyl (C=O) groups is 6. The molecule has 1 rings (SSSR count). The topological polar surface area (TPSA) is 169 Å². The molecule has 1 aromatic carbocycles. The quantitative estimate of drug-likeness (QED) is 0.152. The zero-order valence-corrected chi connectivity index (χ0v) is 27.2. The molecule has 0 saturated carbocycles. The van der Waals surface area contributed by atoms with E-state index in [4.69, 9.17) is 9.47 Å². The van der Waals surface area contributed by atoms with E-state index in [1.54, 1.807) is 39.8 Å². The second kappa shape index (κ2) is 18.6. The van der Waals surface area contributed by atoms with E-state index in [-0.39, 0.29) is 31.3 Å². The molecule has 1 aromatic rings. The van der Waals surface area contributed by atoms with Crippen molar-refractivity contribution >= 4 is 36.1 Å². The van der Waals surface area contributed by atoms with E-state index in [0.29, 0.717) is 19.1 Å². The van der Waals surface area contributed by atoms with Crippen LogP contribution in [0.5, 0.6) is 0 Å². The molecule has 0 heterocycles. The lowest BCUT2D eigenvalue weighted by Crippen LogP contribution is -2.58. The number of rotatable bonds is 17. The molecule has 0 radical (unpaired) electrons. The Bertz CT molecular complexity index is 1100. The number of nitrogens with one attached hydrogen (secondary N) is 4. The summed E-state index contributed by atoms with van der Waals surface area (Å²) < 4.78 is 10.6. The van der Waals surface area contributed by atoms with Crippen LogP contribution < -0.4 is 21.3 Å². The Kier molecular flexibility index (Phi) is 16.1. The molecular formula is C32H50N4O8. The van der Waals surface area contributed by atoms with Gasteiger partial charge in [-0.2, -0.15) is 0 Å². The lowest BCUT2D eigenvalue weighted by molar-refractivity contribution is -0.155. The minimum atomic E-state index is -1.24. The first-order valence-electron chi connectivity index (χ1n) is 15.1. The van der Waals surface area contributed by atoms with Crippen LogP contribution in [0.2, 0.25) is 0 Å². The summed E-state index contributed by atoms with van der Waals surface area (Å²) in [6, 6.07) is 5.00. The fraction of sp³-hybridized carbons (Fsp3) is 0.625. The summed E-state index contributed by atoms with van der Waals surface area (Å²) in [5, 5.41) is 10.4. The van der Waals surface area contributed by atoms with Crippen LogP contribution in [0.15, 0.2) is 30.3 Å². The molecule has 0 saturated heterocycles. The van der Waals surface area contributed by atoms with Gasteiger partial charge < -0.3 is 35.5 Å². The van der Waals surface area contributed by atoms with E-state index < -0.39 is 59.6 Å². The van der Waals surface area contributed by atoms with Crippen LogP contribution in [0.1, 0.15) is 86.6 Å². The van der Waals surface area contributed by atoms with Gasteiger partial charge in [-0.1, -0.05) is 64.4 Å². The summed E-state index contributed by atoms with van der Waals surface area (Å²) in [7, 11) is 0. The zero-order valence-electron chi connectivity index (χ0n) is 27.2. The molecule has 5 atom stereocenters. The third kappa shape index (κ3) is 15.0. The minimum Gasteiger partial charge on any atom is -0.460 e. The molecule has 0 aliphatic heterocycles. The van der Waals surface area contributed by atoms with Crippen LogP contribution in [-0.2, 0) is 40.1 Å². The highest BCUT2D eigenvalue weighted by Gasteiger charge is 2.32. The number of hydrogen-bond donors (Lipinski definition) is 4. The second-order valence-electron chi connectivity index (χ2n) is 12.4. The van der Waals surface area contributed by atoms with Gasteiger partial charge in [0, 0.05) is 6.42 Å². The molecule has 44 heavy (non-hydrogen) atoms. The lowest BCUT2D eigenvalue weighted by Gasteiger charge is -2.27. The van der Waals surface area contributed by atoms with Gasteiger partial charge >= 0.3 is 12.1 Å². The molecule has 0 bridgehead atoms. The molecule has 246 valence electrons. The minimum absolute atomic E-state index is 0.00448. The molecule has 4 amide bonds. The molecule has 12 nitrogen and oxygen atoms in total. The number of hydrogen-bond acceptors (Lipinski definition) is 8. The number of esters is 1. The van der Waals surface area contributed by atoms with Gasteiger partial charge in [0.25, 0.3) is 0 Å². The summed E-state index contributed by atoms with van der Waals surface area (Å²) in [5.41, 5.74) is 0.0227. The van der Waals surface area contributed by atoms with Crippen LogP contribution >= 0.6 is 0 Å². The van der Waals surface area contributed by atoms with E-state index in [1.165, 1.54) is 6.92 Å². The first kappa shape index (κ1) is 38.1. The van der Waals surface area contributed by atoms with E-state index in [0.717, 1.165) is 5.56 Å². The Morgan fingerprint density at radius 3 is 2.05 bits per heavy atom. The predicted molar refractivity (Wildman–Crippen MR) is 165 cm³/mol. The molecule has 0 aliphatic carbocycles.